The molecule has 2 unspecified atom stereocenters. The molecule has 23 heavy (non-hydrogen) atoms. The van der Waals surface area contributed by atoms with E-state index in [4.69, 9.17) is 4.74 Å². The van der Waals surface area contributed by atoms with Crippen molar-refractivity contribution in [2.45, 2.75) is 38.7 Å². The summed E-state index contributed by atoms with van der Waals surface area (Å²) in [4.78, 5) is 9.62. The van der Waals surface area contributed by atoms with Gasteiger partial charge in [0, 0.05) is 24.7 Å². The topological polar surface area (TPSA) is 38.2 Å². The van der Waals surface area contributed by atoms with Crippen molar-refractivity contribution < 1.29 is 17.9 Å². The molecular formula is C16H18F3N3O. The van der Waals surface area contributed by atoms with Crippen molar-refractivity contribution in [2.24, 2.45) is 0 Å². The summed E-state index contributed by atoms with van der Waals surface area (Å²) in [5.41, 5.74) is -0.371. The number of halogens is 3. The first kappa shape index (κ1) is 16.0. The number of alkyl halides is 3. The van der Waals surface area contributed by atoms with Crippen molar-refractivity contribution in [3.8, 4) is 0 Å². The standard InChI is InChI=1S/C16H18F3N3O/c1-3-11-9-22(8-10(2)23-11)13-7-21-15(16(17,18)19)14-12(13)5-4-6-20-14/h4-7,10-11H,3,8-9H2,1-2H3. The molecule has 1 fully saturated rings. The molecule has 0 saturated carbocycles. The summed E-state index contributed by atoms with van der Waals surface area (Å²) >= 11 is 0. The van der Waals surface area contributed by atoms with Crippen molar-refractivity contribution in [1.29, 1.82) is 0 Å². The van der Waals surface area contributed by atoms with Gasteiger partial charge in [0.1, 0.15) is 5.52 Å². The van der Waals surface area contributed by atoms with Crippen LogP contribution >= 0.6 is 0 Å². The van der Waals surface area contributed by atoms with Crippen molar-refractivity contribution in [3.63, 3.8) is 0 Å². The van der Waals surface area contributed by atoms with Gasteiger partial charge in [-0.2, -0.15) is 13.2 Å². The van der Waals surface area contributed by atoms with E-state index in [9.17, 15) is 13.2 Å². The summed E-state index contributed by atoms with van der Waals surface area (Å²) in [5, 5.41) is 0.471. The van der Waals surface area contributed by atoms with Gasteiger partial charge in [-0.15, -0.1) is 0 Å². The van der Waals surface area contributed by atoms with Crippen LogP contribution in [0.3, 0.4) is 0 Å². The SMILES string of the molecule is CCC1CN(c2cnc(C(F)(F)F)c3ncccc23)CC(C)O1. The Balaban J connectivity index is 2.09. The monoisotopic (exact) mass is 325 g/mol. The number of nitrogens with zero attached hydrogens (tertiary/aromatic N) is 3. The normalized spacial score (nSPS) is 22.6. The Labute approximate surface area is 132 Å². The maximum Gasteiger partial charge on any atom is 0.435 e. The van der Waals surface area contributed by atoms with Gasteiger partial charge in [0.2, 0.25) is 0 Å². The van der Waals surface area contributed by atoms with Crippen LogP contribution in [0.1, 0.15) is 26.0 Å². The number of ether oxygens (including phenoxy) is 1. The molecule has 0 N–H and O–H groups in total. The smallest absolute Gasteiger partial charge is 0.372 e. The fourth-order valence-corrected chi connectivity index (χ4v) is 2.98. The second kappa shape index (κ2) is 5.96. The zero-order chi connectivity index (χ0) is 16.6. The Kier molecular flexibility index (Phi) is 4.14. The summed E-state index contributed by atoms with van der Waals surface area (Å²) in [6, 6.07) is 3.31. The lowest BCUT2D eigenvalue weighted by Gasteiger charge is -2.38. The third kappa shape index (κ3) is 3.10. The third-order valence-corrected chi connectivity index (χ3v) is 4.01. The number of hydrogen-bond acceptors (Lipinski definition) is 4. The first-order valence-electron chi connectivity index (χ1n) is 7.61. The van der Waals surface area contributed by atoms with E-state index in [1.165, 1.54) is 12.4 Å². The zero-order valence-corrected chi connectivity index (χ0v) is 13.0. The minimum absolute atomic E-state index is 0.0164. The van der Waals surface area contributed by atoms with E-state index in [0.29, 0.717) is 24.2 Å². The minimum atomic E-state index is -4.52. The van der Waals surface area contributed by atoms with Gasteiger partial charge in [0.05, 0.1) is 24.1 Å². The highest BCUT2D eigenvalue weighted by molar-refractivity contribution is 5.92. The molecule has 1 aliphatic rings. The molecule has 2 aromatic heterocycles. The molecule has 0 aromatic carbocycles. The summed E-state index contributed by atoms with van der Waals surface area (Å²) in [5.74, 6) is 0. The molecule has 3 rings (SSSR count). The predicted octanol–water partition coefficient (Wildman–Crippen LogP) is 3.65. The molecule has 3 heterocycles. The number of hydrogen-bond donors (Lipinski definition) is 0. The van der Waals surface area contributed by atoms with Crippen molar-refractivity contribution in [1.82, 2.24) is 9.97 Å². The molecule has 1 saturated heterocycles. The number of anilines is 1. The predicted molar refractivity (Wildman–Crippen MR) is 81.4 cm³/mol. The highest BCUT2D eigenvalue weighted by Crippen LogP contribution is 2.36. The summed E-state index contributed by atoms with van der Waals surface area (Å²) < 4.78 is 45.2. The molecule has 0 bridgehead atoms. The van der Waals surface area contributed by atoms with Crippen LogP contribution < -0.4 is 4.90 Å². The molecule has 0 radical (unpaired) electrons. The third-order valence-electron chi connectivity index (χ3n) is 4.01. The average Bonchev–Trinajstić information content (AvgIpc) is 2.52. The molecule has 2 aromatic rings. The van der Waals surface area contributed by atoms with Crippen molar-refractivity contribution >= 4 is 16.6 Å². The quantitative estimate of drug-likeness (QED) is 0.845. The number of aromatic nitrogens is 2. The maximum absolute atomic E-state index is 13.1. The van der Waals surface area contributed by atoms with E-state index >= 15 is 0 Å². The molecule has 2 atom stereocenters. The van der Waals surface area contributed by atoms with Gasteiger partial charge in [-0.25, -0.2) is 4.98 Å². The van der Waals surface area contributed by atoms with E-state index in [-0.39, 0.29) is 17.7 Å². The van der Waals surface area contributed by atoms with E-state index in [1.54, 1.807) is 12.1 Å². The van der Waals surface area contributed by atoms with Crippen LogP contribution in [0.2, 0.25) is 0 Å². The molecule has 124 valence electrons. The maximum atomic E-state index is 13.1. The molecule has 7 heteroatoms. The molecule has 0 spiro atoms. The molecule has 0 amide bonds. The summed E-state index contributed by atoms with van der Waals surface area (Å²) in [6.45, 7) is 5.25. The van der Waals surface area contributed by atoms with E-state index < -0.39 is 11.9 Å². The van der Waals surface area contributed by atoms with Crippen LogP contribution in [-0.4, -0.2) is 35.3 Å². The van der Waals surface area contributed by atoms with Gasteiger partial charge in [0.15, 0.2) is 5.69 Å². The van der Waals surface area contributed by atoms with Gasteiger partial charge in [-0.05, 0) is 25.5 Å². The highest BCUT2D eigenvalue weighted by Gasteiger charge is 2.36. The van der Waals surface area contributed by atoms with Gasteiger partial charge < -0.3 is 9.64 Å². The van der Waals surface area contributed by atoms with Crippen LogP contribution in [-0.2, 0) is 10.9 Å². The summed E-state index contributed by atoms with van der Waals surface area (Å²) in [7, 11) is 0. The Hall–Kier alpha value is -1.89. The Morgan fingerprint density at radius 1 is 1.30 bits per heavy atom. The van der Waals surface area contributed by atoms with Crippen LogP contribution in [0.4, 0.5) is 18.9 Å². The number of pyridine rings is 2. The fourth-order valence-electron chi connectivity index (χ4n) is 2.98. The highest BCUT2D eigenvalue weighted by atomic mass is 19.4. The summed E-state index contributed by atoms with van der Waals surface area (Å²) in [6.07, 6.45) is -0.923. The Morgan fingerprint density at radius 3 is 2.78 bits per heavy atom. The first-order chi connectivity index (χ1) is 10.9. The van der Waals surface area contributed by atoms with Crippen molar-refractivity contribution in [2.75, 3.05) is 18.0 Å². The molecule has 4 nitrogen and oxygen atoms in total. The number of rotatable bonds is 2. The van der Waals surface area contributed by atoms with Crippen LogP contribution in [0.25, 0.3) is 10.9 Å². The Morgan fingerprint density at radius 2 is 2.09 bits per heavy atom. The zero-order valence-electron chi connectivity index (χ0n) is 13.0. The second-order valence-electron chi connectivity index (χ2n) is 5.77. The van der Waals surface area contributed by atoms with E-state index in [0.717, 1.165) is 6.42 Å². The van der Waals surface area contributed by atoms with Crippen LogP contribution in [0.15, 0.2) is 24.5 Å². The van der Waals surface area contributed by atoms with Gasteiger partial charge in [0.25, 0.3) is 0 Å². The van der Waals surface area contributed by atoms with Crippen LogP contribution in [0.5, 0.6) is 0 Å². The lowest BCUT2D eigenvalue weighted by atomic mass is 10.1. The number of fused-ring (bicyclic) bond motifs is 1. The van der Waals surface area contributed by atoms with Crippen LogP contribution in [0, 0.1) is 0 Å². The first-order valence-corrected chi connectivity index (χ1v) is 7.61. The fraction of sp³-hybridized carbons (Fsp3) is 0.500. The Bertz CT molecular complexity index is 705. The van der Waals surface area contributed by atoms with Gasteiger partial charge in [-0.1, -0.05) is 6.92 Å². The number of morpholine rings is 1. The van der Waals surface area contributed by atoms with E-state index in [2.05, 4.69) is 9.97 Å². The second-order valence-corrected chi connectivity index (χ2v) is 5.77. The van der Waals surface area contributed by atoms with Crippen molar-refractivity contribution in [3.05, 3.63) is 30.2 Å². The molecule has 0 aliphatic carbocycles. The minimum Gasteiger partial charge on any atom is -0.372 e. The largest absolute Gasteiger partial charge is 0.435 e. The molecule has 1 aliphatic heterocycles. The lowest BCUT2D eigenvalue weighted by molar-refractivity contribution is -0.139. The molecular weight excluding hydrogens is 307 g/mol. The van der Waals surface area contributed by atoms with Gasteiger partial charge in [-0.3, -0.25) is 4.98 Å². The average molecular weight is 325 g/mol. The van der Waals surface area contributed by atoms with E-state index in [1.807, 2.05) is 18.7 Å². The lowest BCUT2D eigenvalue weighted by Crippen LogP contribution is -2.46. The van der Waals surface area contributed by atoms with Gasteiger partial charge >= 0.3 is 6.18 Å².